The predicted molar refractivity (Wildman–Crippen MR) is 104 cm³/mol. The molecule has 27 heavy (non-hydrogen) atoms. The number of hydrogen-bond acceptors (Lipinski definition) is 6. The maximum atomic E-state index is 12.6. The Morgan fingerprint density at radius 3 is 2.70 bits per heavy atom. The van der Waals surface area contributed by atoms with Gasteiger partial charge in [-0.25, -0.2) is 9.67 Å². The SMILES string of the molecule is O=C(NCCN1CCOCC1)c1nc(-c2cccs2)n(-c2ccccc2)n1. The highest BCUT2D eigenvalue weighted by molar-refractivity contribution is 7.13. The molecule has 3 heterocycles. The number of carbonyl (C=O) groups excluding carboxylic acids is 1. The van der Waals surface area contributed by atoms with Gasteiger partial charge in [-0.2, -0.15) is 0 Å². The number of amides is 1. The number of nitrogens with zero attached hydrogens (tertiary/aromatic N) is 4. The third kappa shape index (κ3) is 4.24. The molecule has 7 nitrogen and oxygen atoms in total. The Balaban J connectivity index is 1.50. The van der Waals surface area contributed by atoms with Gasteiger partial charge in [-0.1, -0.05) is 24.3 Å². The summed E-state index contributed by atoms with van der Waals surface area (Å²) in [4.78, 5) is 20.3. The molecule has 0 unspecified atom stereocenters. The predicted octanol–water partition coefficient (Wildman–Crippen LogP) is 2.06. The van der Waals surface area contributed by atoms with Gasteiger partial charge in [0.1, 0.15) is 0 Å². The van der Waals surface area contributed by atoms with Crippen molar-refractivity contribution in [2.24, 2.45) is 0 Å². The van der Waals surface area contributed by atoms with Gasteiger partial charge in [0.2, 0.25) is 5.82 Å². The standard InChI is InChI=1S/C19H21N5O2S/c25-19(20-8-9-23-10-12-26-13-11-23)17-21-18(16-7-4-14-27-16)24(22-17)15-5-2-1-3-6-15/h1-7,14H,8-13H2,(H,20,25). The molecule has 140 valence electrons. The van der Waals surface area contributed by atoms with E-state index in [4.69, 9.17) is 4.74 Å². The van der Waals surface area contributed by atoms with E-state index in [1.165, 1.54) is 0 Å². The van der Waals surface area contributed by atoms with Crippen molar-refractivity contribution in [1.82, 2.24) is 25.0 Å². The number of aromatic nitrogens is 3. The van der Waals surface area contributed by atoms with Crippen molar-refractivity contribution < 1.29 is 9.53 Å². The lowest BCUT2D eigenvalue weighted by atomic mass is 10.3. The van der Waals surface area contributed by atoms with Crippen LogP contribution in [0.15, 0.2) is 47.8 Å². The third-order valence-corrected chi connectivity index (χ3v) is 5.24. The van der Waals surface area contributed by atoms with Crippen LogP contribution in [0.3, 0.4) is 0 Å². The lowest BCUT2D eigenvalue weighted by Gasteiger charge is -2.26. The van der Waals surface area contributed by atoms with Crippen molar-refractivity contribution in [3.05, 3.63) is 53.7 Å². The Kier molecular flexibility index (Phi) is 5.57. The van der Waals surface area contributed by atoms with Crippen LogP contribution in [0.25, 0.3) is 16.4 Å². The van der Waals surface area contributed by atoms with Crippen molar-refractivity contribution in [2.75, 3.05) is 39.4 Å². The summed E-state index contributed by atoms with van der Waals surface area (Å²) >= 11 is 1.57. The van der Waals surface area contributed by atoms with E-state index in [2.05, 4.69) is 20.3 Å². The van der Waals surface area contributed by atoms with Crippen molar-refractivity contribution >= 4 is 17.2 Å². The quantitative estimate of drug-likeness (QED) is 0.705. The van der Waals surface area contributed by atoms with Gasteiger partial charge in [-0.3, -0.25) is 9.69 Å². The van der Waals surface area contributed by atoms with Crippen molar-refractivity contribution in [2.45, 2.75) is 0 Å². The fourth-order valence-corrected chi connectivity index (χ4v) is 3.65. The van der Waals surface area contributed by atoms with Gasteiger partial charge in [0.25, 0.3) is 5.91 Å². The first-order chi connectivity index (χ1) is 13.3. The monoisotopic (exact) mass is 383 g/mol. The number of ether oxygens (including phenoxy) is 1. The second kappa shape index (κ2) is 8.43. The highest BCUT2D eigenvalue weighted by Crippen LogP contribution is 2.25. The summed E-state index contributed by atoms with van der Waals surface area (Å²) in [6.07, 6.45) is 0. The van der Waals surface area contributed by atoms with Crippen LogP contribution in [-0.4, -0.2) is 65.0 Å². The average molecular weight is 383 g/mol. The van der Waals surface area contributed by atoms with Crippen molar-refractivity contribution in [3.8, 4) is 16.4 Å². The van der Waals surface area contributed by atoms with E-state index in [9.17, 15) is 4.79 Å². The number of benzene rings is 1. The summed E-state index contributed by atoms with van der Waals surface area (Å²) in [6, 6.07) is 13.7. The van der Waals surface area contributed by atoms with Gasteiger partial charge in [0.15, 0.2) is 5.82 Å². The molecule has 1 saturated heterocycles. The first-order valence-electron chi connectivity index (χ1n) is 8.96. The molecule has 1 aliphatic rings. The van der Waals surface area contributed by atoms with Gasteiger partial charge in [-0.05, 0) is 23.6 Å². The molecule has 1 fully saturated rings. The summed E-state index contributed by atoms with van der Waals surface area (Å²) in [7, 11) is 0. The largest absolute Gasteiger partial charge is 0.379 e. The number of carbonyl (C=O) groups is 1. The first kappa shape index (κ1) is 17.8. The molecule has 1 amide bonds. The fraction of sp³-hybridized carbons (Fsp3) is 0.316. The van der Waals surface area contributed by atoms with Crippen LogP contribution in [0.2, 0.25) is 0 Å². The van der Waals surface area contributed by atoms with E-state index in [-0.39, 0.29) is 11.7 Å². The van der Waals surface area contributed by atoms with Crippen LogP contribution in [0.4, 0.5) is 0 Å². The zero-order chi connectivity index (χ0) is 18.5. The Labute approximate surface area is 161 Å². The molecule has 0 bridgehead atoms. The molecule has 2 aromatic heterocycles. The van der Waals surface area contributed by atoms with Crippen LogP contribution in [0.5, 0.6) is 0 Å². The highest BCUT2D eigenvalue weighted by Gasteiger charge is 2.19. The van der Waals surface area contributed by atoms with Crippen molar-refractivity contribution in [3.63, 3.8) is 0 Å². The third-order valence-electron chi connectivity index (χ3n) is 4.37. The summed E-state index contributed by atoms with van der Waals surface area (Å²) in [5.74, 6) is 0.606. The molecule has 0 spiro atoms. The summed E-state index contributed by atoms with van der Waals surface area (Å²) in [5, 5.41) is 9.38. The Hall–Kier alpha value is -2.55. The van der Waals surface area contributed by atoms with Gasteiger partial charge < -0.3 is 10.1 Å². The van der Waals surface area contributed by atoms with Gasteiger partial charge >= 0.3 is 0 Å². The molecule has 1 N–H and O–H groups in total. The molecule has 4 rings (SSSR count). The molecule has 0 radical (unpaired) electrons. The van der Waals surface area contributed by atoms with Crippen LogP contribution in [0, 0.1) is 0 Å². The van der Waals surface area contributed by atoms with E-state index < -0.39 is 0 Å². The Bertz CT molecular complexity index is 873. The van der Waals surface area contributed by atoms with Gasteiger partial charge in [0, 0.05) is 26.2 Å². The zero-order valence-electron chi connectivity index (χ0n) is 14.9. The number of nitrogens with one attached hydrogen (secondary N) is 1. The van der Waals surface area contributed by atoms with E-state index in [0.29, 0.717) is 12.4 Å². The summed E-state index contributed by atoms with van der Waals surface area (Å²) in [5.41, 5.74) is 0.876. The average Bonchev–Trinajstić information content (AvgIpc) is 3.39. The molecule has 0 saturated carbocycles. The van der Waals surface area contributed by atoms with Crippen molar-refractivity contribution in [1.29, 1.82) is 0 Å². The van der Waals surface area contributed by atoms with E-state index in [0.717, 1.165) is 43.4 Å². The number of hydrogen-bond donors (Lipinski definition) is 1. The zero-order valence-corrected chi connectivity index (χ0v) is 15.7. The number of morpholine rings is 1. The highest BCUT2D eigenvalue weighted by atomic mass is 32.1. The topological polar surface area (TPSA) is 72.3 Å². The molecule has 0 aliphatic carbocycles. The van der Waals surface area contributed by atoms with Crippen LogP contribution in [-0.2, 0) is 4.74 Å². The minimum atomic E-state index is -0.254. The minimum absolute atomic E-state index is 0.184. The Morgan fingerprint density at radius 2 is 1.96 bits per heavy atom. The maximum Gasteiger partial charge on any atom is 0.291 e. The van der Waals surface area contributed by atoms with Crippen LogP contribution in [0.1, 0.15) is 10.6 Å². The summed E-state index contributed by atoms with van der Waals surface area (Å²) < 4.78 is 7.06. The second-order valence-electron chi connectivity index (χ2n) is 6.19. The van der Waals surface area contributed by atoms with Gasteiger partial charge in [-0.15, -0.1) is 16.4 Å². The normalized spacial score (nSPS) is 15.0. The number of rotatable bonds is 6. The van der Waals surface area contributed by atoms with Gasteiger partial charge in [0.05, 0.1) is 23.8 Å². The van der Waals surface area contributed by atoms with Crippen LogP contribution >= 0.6 is 11.3 Å². The van der Waals surface area contributed by atoms with E-state index >= 15 is 0 Å². The molecule has 0 atom stereocenters. The molecule has 1 aliphatic heterocycles. The fourth-order valence-electron chi connectivity index (χ4n) is 2.95. The van der Waals surface area contributed by atoms with E-state index in [1.807, 2.05) is 47.8 Å². The smallest absolute Gasteiger partial charge is 0.291 e. The lowest BCUT2D eigenvalue weighted by molar-refractivity contribution is 0.0383. The van der Waals surface area contributed by atoms with Crippen LogP contribution < -0.4 is 5.32 Å². The lowest BCUT2D eigenvalue weighted by Crippen LogP contribution is -2.41. The summed E-state index contributed by atoms with van der Waals surface area (Å²) in [6.45, 7) is 4.67. The Morgan fingerprint density at radius 1 is 1.15 bits per heavy atom. The number of thiophene rings is 1. The molecule has 3 aromatic rings. The number of para-hydroxylation sites is 1. The molecular formula is C19H21N5O2S. The molecule has 8 heteroatoms. The van der Waals surface area contributed by atoms with E-state index in [1.54, 1.807) is 16.0 Å². The first-order valence-corrected chi connectivity index (χ1v) is 9.84. The molecular weight excluding hydrogens is 362 g/mol. The minimum Gasteiger partial charge on any atom is -0.379 e. The maximum absolute atomic E-state index is 12.6. The second-order valence-corrected chi connectivity index (χ2v) is 7.14. The molecule has 1 aromatic carbocycles.